The highest BCUT2D eigenvalue weighted by Crippen LogP contribution is 2.17. The minimum absolute atomic E-state index is 0.230. The number of nitrogens with zero attached hydrogens (tertiary/aromatic N) is 5. The lowest BCUT2D eigenvalue weighted by Crippen LogP contribution is -2.16. The Hall–Kier alpha value is -2.35. The lowest BCUT2D eigenvalue weighted by Gasteiger charge is -2.06. The molecule has 0 atom stereocenters. The fraction of sp³-hybridized carbons (Fsp3) is 0.286. The lowest BCUT2D eigenvalue weighted by atomic mass is 10.3. The molecule has 0 aliphatic heterocycles. The number of rotatable bonds is 5. The van der Waals surface area contributed by atoms with Gasteiger partial charge in [0.2, 0.25) is 0 Å². The molecule has 3 rings (SSSR count). The van der Waals surface area contributed by atoms with Crippen LogP contribution >= 0.6 is 11.8 Å². The van der Waals surface area contributed by atoms with Gasteiger partial charge in [0.1, 0.15) is 12.4 Å². The first-order valence-corrected chi connectivity index (χ1v) is 8.12. The number of primary amides is 1. The zero-order valence-electron chi connectivity index (χ0n) is 12.4. The number of benzene rings is 1. The summed E-state index contributed by atoms with van der Waals surface area (Å²) in [7, 11) is 1.96. The summed E-state index contributed by atoms with van der Waals surface area (Å²) in [4.78, 5) is 16.1. The Morgan fingerprint density at radius 3 is 2.82 bits per heavy atom. The number of imidazole rings is 1. The minimum atomic E-state index is -0.555. The molecule has 0 aliphatic carbocycles. The fourth-order valence-corrected chi connectivity index (χ4v) is 2.96. The van der Waals surface area contributed by atoms with E-state index >= 15 is 0 Å². The average molecular weight is 316 g/mol. The van der Waals surface area contributed by atoms with Gasteiger partial charge in [-0.05, 0) is 18.4 Å². The quantitative estimate of drug-likeness (QED) is 0.763. The van der Waals surface area contributed by atoms with Crippen LogP contribution in [-0.4, -0.2) is 36.7 Å². The van der Waals surface area contributed by atoms with Gasteiger partial charge in [-0.3, -0.25) is 4.79 Å². The van der Waals surface area contributed by atoms with Gasteiger partial charge in [-0.1, -0.05) is 17.3 Å². The van der Waals surface area contributed by atoms with E-state index in [-0.39, 0.29) is 5.69 Å². The number of amides is 1. The second-order valence-electron chi connectivity index (χ2n) is 4.92. The van der Waals surface area contributed by atoms with Gasteiger partial charge < -0.3 is 10.3 Å². The number of aromatic nitrogens is 5. The predicted molar refractivity (Wildman–Crippen MR) is 85.6 cm³/mol. The van der Waals surface area contributed by atoms with Crippen LogP contribution in [0.4, 0.5) is 0 Å². The fourth-order valence-electron chi connectivity index (χ4n) is 2.40. The Bertz CT molecular complexity index is 837. The van der Waals surface area contributed by atoms with Crippen LogP contribution in [0.15, 0.2) is 24.3 Å². The van der Waals surface area contributed by atoms with Crippen LogP contribution < -0.4 is 5.73 Å². The minimum Gasteiger partial charge on any atom is -0.364 e. The highest BCUT2D eigenvalue weighted by Gasteiger charge is 2.18. The van der Waals surface area contributed by atoms with Crippen molar-refractivity contribution in [3.63, 3.8) is 0 Å². The van der Waals surface area contributed by atoms with Gasteiger partial charge >= 0.3 is 0 Å². The van der Waals surface area contributed by atoms with E-state index in [1.807, 2.05) is 42.1 Å². The molecule has 0 radical (unpaired) electrons. The zero-order valence-corrected chi connectivity index (χ0v) is 13.2. The van der Waals surface area contributed by atoms with Crippen molar-refractivity contribution in [2.45, 2.75) is 12.3 Å². The van der Waals surface area contributed by atoms with Gasteiger partial charge in [0, 0.05) is 12.8 Å². The third-order valence-corrected chi connectivity index (χ3v) is 4.09. The molecule has 2 aromatic heterocycles. The summed E-state index contributed by atoms with van der Waals surface area (Å²) in [6.07, 6.45) is 1.96. The highest BCUT2D eigenvalue weighted by atomic mass is 32.2. The molecule has 2 heterocycles. The topological polar surface area (TPSA) is 91.6 Å². The number of fused-ring (bicyclic) bond motifs is 1. The summed E-state index contributed by atoms with van der Waals surface area (Å²) < 4.78 is 3.71. The van der Waals surface area contributed by atoms with E-state index in [2.05, 4.69) is 15.3 Å². The molecule has 0 saturated carbocycles. The van der Waals surface area contributed by atoms with Crippen molar-refractivity contribution < 1.29 is 4.79 Å². The molecule has 0 unspecified atom stereocenters. The Balaban J connectivity index is 2.01. The summed E-state index contributed by atoms with van der Waals surface area (Å²) in [5.74, 6) is 0.916. The van der Waals surface area contributed by atoms with Gasteiger partial charge in [0.25, 0.3) is 5.91 Å². The maximum Gasteiger partial charge on any atom is 0.271 e. The molecule has 0 aliphatic rings. The van der Waals surface area contributed by atoms with Crippen LogP contribution in [-0.2, 0) is 19.3 Å². The van der Waals surface area contributed by atoms with E-state index in [4.69, 9.17) is 5.73 Å². The molecule has 0 fully saturated rings. The van der Waals surface area contributed by atoms with Crippen molar-refractivity contribution in [3.05, 3.63) is 41.5 Å². The van der Waals surface area contributed by atoms with Crippen LogP contribution in [0.5, 0.6) is 0 Å². The molecule has 22 heavy (non-hydrogen) atoms. The maximum atomic E-state index is 11.4. The molecule has 1 aromatic carbocycles. The Kier molecular flexibility index (Phi) is 3.84. The largest absolute Gasteiger partial charge is 0.364 e. The van der Waals surface area contributed by atoms with Crippen molar-refractivity contribution in [1.82, 2.24) is 24.5 Å². The summed E-state index contributed by atoms with van der Waals surface area (Å²) in [5, 5.41) is 7.96. The van der Waals surface area contributed by atoms with Crippen LogP contribution in [0, 0.1) is 0 Å². The monoisotopic (exact) mass is 316 g/mol. The van der Waals surface area contributed by atoms with E-state index in [9.17, 15) is 4.79 Å². The molecule has 8 heteroatoms. The van der Waals surface area contributed by atoms with E-state index in [1.54, 1.807) is 16.4 Å². The van der Waals surface area contributed by atoms with Crippen molar-refractivity contribution in [3.8, 4) is 0 Å². The van der Waals surface area contributed by atoms with Crippen molar-refractivity contribution in [2.75, 3.05) is 6.26 Å². The van der Waals surface area contributed by atoms with Crippen LogP contribution in [0.1, 0.15) is 22.0 Å². The first kappa shape index (κ1) is 14.6. The number of para-hydroxylation sites is 2. The molecule has 114 valence electrons. The number of aryl methyl sites for hydroxylation is 1. The lowest BCUT2D eigenvalue weighted by molar-refractivity contribution is 0.0995. The Labute approximate surface area is 131 Å². The standard InChI is InChI=1S/C14H16N6OS/c1-19-10-6-4-3-5-9(10)16-12(19)7-20-11(8-22-2)13(14(15)21)17-18-20/h3-6H,7-8H2,1-2H3,(H2,15,21). The molecule has 2 N–H and O–H groups in total. The highest BCUT2D eigenvalue weighted by molar-refractivity contribution is 7.97. The second-order valence-corrected chi connectivity index (χ2v) is 5.78. The number of thioether (sulfide) groups is 1. The van der Waals surface area contributed by atoms with E-state index in [0.29, 0.717) is 12.3 Å². The average Bonchev–Trinajstić information content (AvgIpc) is 3.03. The number of carbonyl (C=O) groups excluding carboxylic acids is 1. The second kappa shape index (κ2) is 5.80. The van der Waals surface area contributed by atoms with Gasteiger partial charge in [-0.15, -0.1) is 5.10 Å². The number of hydrogen-bond acceptors (Lipinski definition) is 5. The van der Waals surface area contributed by atoms with Crippen LogP contribution in [0.3, 0.4) is 0 Å². The summed E-state index contributed by atoms with van der Waals surface area (Å²) in [6.45, 7) is 0.446. The van der Waals surface area contributed by atoms with Gasteiger partial charge in [0.05, 0.1) is 16.7 Å². The summed E-state index contributed by atoms with van der Waals surface area (Å²) >= 11 is 1.59. The van der Waals surface area contributed by atoms with Crippen LogP contribution in [0.2, 0.25) is 0 Å². The van der Waals surface area contributed by atoms with E-state index in [0.717, 1.165) is 22.6 Å². The Morgan fingerprint density at radius 2 is 2.14 bits per heavy atom. The predicted octanol–water partition coefficient (Wildman–Crippen LogP) is 1.17. The summed E-state index contributed by atoms with van der Waals surface area (Å²) in [5.41, 5.74) is 8.30. The molecule has 7 nitrogen and oxygen atoms in total. The van der Waals surface area contributed by atoms with Gasteiger partial charge in [0.15, 0.2) is 5.69 Å². The van der Waals surface area contributed by atoms with Gasteiger partial charge in [-0.2, -0.15) is 11.8 Å². The molecule has 3 aromatic rings. The smallest absolute Gasteiger partial charge is 0.271 e. The molecule has 0 saturated heterocycles. The SMILES string of the molecule is CSCc1c(C(N)=O)nnn1Cc1nc2ccccc2n1C. The zero-order chi connectivity index (χ0) is 15.7. The van der Waals surface area contributed by atoms with Gasteiger partial charge in [-0.25, -0.2) is 9.67 Å². The van der Waals surface area contributed by atoms with E-state index < -0.39 is 5.91 Å². The van der Waals surface area contributed by atoms with Crippen molar-refractivity contribution in [1.29, 1.82) is 0 Å². The first-order chi connectivity index (χ1) is 10.6. The maximum absolute atomic E-state index is 11.4. The van der Waals surface area contributed by atoms with Crippen molar-refractivity contribution in [2.24, 2.45) is 12.8 Å². The van der Waals surface area contributed by atoms with Crippen molar-refractivity contribution >= 4 is 28.7 Å². The number of hydrogen-bond donors (Lipinski definition) is 1. The summed E-state index contributed by atoms with van der Waals surface area (Å²) in [6, 6.07) is 7.93. The number of nitrogens with two attached hydrogens (primary N) is 1. The molecule has 0 bridgehead atoms. The number of carbonyl (C=O) groups is 1. The third-order valence-electron chi connectivity index (χ3n) is 3.52. The van der Waals surface area contributed by atoms with Crippen LogP contribution in [0.25, 0.3) is 11.0 Å². The van der Waals surface area contributed by atoms with E-state index in [1.165, 1.54) is 0 Å². The molecule has 0 spiro atoms. The first-order valence-electron chi connectivity index (χ1n) is 6.73. The molecular weight excluding hydrogens is 300 g/mol. The molecule has 1 amide bonds. The third kappa shape index (κ3) is 2.45. The molecular formula is C14H16N6OS. The Morgan fingerprint density at radius 1 is 1.36 bits per heavy atom. The normalized spacial score (nSPS) is 11.2.